The van der Waals surface area contributed by atoms with Gasteiger partial charge in [0.05, 0.1) is 23.7 Å². The van der Waals surface area contributed by atoms with Crippen molar-refractivity contribution in [3.63, 3.8) is 0 Å². The number of anilines is 1. The molecule has 0 aliphatic carbocycles. The second-order valence-electron chi connectivity index (χ2n) is 5.41. The van der Waals surface area contributed by atoms with Gasteiger partial charge < -0.3 is 10.1 Å². The molecule has 0 spiro atoms. The quantitative estimate of drug-likeness (QED) is 0.891. The predicted molar refractivity (Wildman–Crippen MR) is 77.8 cm³/mol. The first-order valence-corrected chi connectivity index (χ1v) is 7.26. The molecule has 0 radical (unpaired) electrons. The van der Waals surface area contributed by atoms with Gasteiger partial charge in [-0.2, -0.15) is 10.2 Å². The van der Waals surface area contributed by atoms with Gasteiger partial charge in [-0.25, -0.2) is 4.98 Å². The molecule has 2 aromatic heterocycles. The molecule has 0 unspecified atom stereocenters. The van der Waals surface area contributed by atoms with E-state index in [1.165, 1.54) is 0 Å². The van der Waals surface area contributed by atoms with Crippen molar-refractivity contribution in [1.29, 1.82) is 0 Å². The molecule has 1 aliphatic rings. The van der Waals surface area contributed by atoms with Crippen LogP contribution in [0.1, 0.15) is 35.9 Å². The van der Waals surface area contributed by atoms with E-state index in [0.29, 0.717) is 11.9 Å². The Kier molecular flexibility index (Phi) is 4.10. The highest BCUT2D eigenvalue weighted by molar-refractivity contribution is 5.25. The average molecular weight is 288 g/mol. The molecule has 0 aromatic carbocycles. The average Bonchev–Trinajstić information content (AvgIpc) is 3.03. The summed E-state index contributed by atoms with van der Waals surface area (Å²) in [6, 6.07) is 0. The van der Waals surface area contributed by atoms with E-state index in [2.05, 4.69) is 30.7 Å². The number of H-pyrrole nitrogens is 1. The number of hydrogen-bond donors (Lipinski definition) is 2. The molecule has 1 aliphatic heterocycles. The lowest BCUT2D eigenvalue weighted by atomic mass is 9.91. The molecule has 1 saturated heterocycles. The van der Waals surface area contributed by atoms with Crippen molar-refractivity contribution in [3.8, 4) is 0 Å². The molecule has 2 aromatic rings. The van der Waals surface area contributed by atoms with Gasteiger partial charge in [-0.3, -0.25) is 5.10 Å². The van der Waals surface area contributed by atoms with E-state index in [1.54, 1.807) is 0 Å². The van der Waals surface area contributed by atoms with Crippen LogP contribution in [0.15, 0.2) is 12.4 Å². The van der Waals surface area contributed by atoms with E-state index in [-0.39, 0.29) is 6.10 Å². The van der Waals surface area contributed by atoms with Crippen molar-refractivity contribution >= 4 is 5.95 Å². The van der Waals surface area contributed by atoms with Gasteiger partial charge in [0, 0.05) is 30.8 Å². The number of aromatic nitrogens is 5. The third-order valence-electron chi connectivity index (χ3n) is 3.91. The summed E-state index contributed by atoms with van der Waals surface area (Å²) in [5.41, 5.74) is 2.86. The molecular formula is C14H20N6O. The number of aryl methyl sites for hydroxylation is 2. The highest BCUT2D eigenvalue weighted by atomic mass is 16.5. The van der Waals surface area contributed by atoms with Gasteiger partial charge in [0.25, 0.3) is 0 Å². The molecular weight excluding hydrogens is 268 g/mol. The molecule has 1 fully saturated rings. The van der Waals surface area contributed by atoms with Gasteiger partial charge in [0.1, 0.15) is 0 Å². The summed E-state index contributed by atoms with van der Waals surface area (Å²) in [5, 5.41) is 18.3. The summed E-state index contributed by atoms with van der Waals surface area (Å²) in [6.07, 6.45) is 5.99. The van der Waals surface area contributed by atoms with Crippen LogP contribution in [0.5, 0.6) is 0 Å². The predicted octanol–water partition coefficient (Wildman–Crippen LogP) is 1.79. The van der Waals surface area contributed by atoms with E-state index < -0.39 is 0 Å². The molecule has 2 N–H and O–H groups in total. The van der Waals surface area contributed by atoms with Crippen LogP contribution in [-0.2, 0) is 4.74 Å². The molecule has 2 atom stereocenters. The van der Waals surface area contributed by atoms with Gasteiger partial charge in [-0.1, -0.05) is 0 Å². The number of rotatable bonds is 4. The molecule has 7 nitrogen and oxygen atoms in total. The van der Waals surface area contributed by atoms with Crippen LogP contribution >= 0.6 is 0 Å². The van der Waals surface area contributed by atoms with Gasteiger partial charge in [-0.05, 0) is 26.7 Å². The third kappa shape index (κ3) is 3.18. The van der Waals surface area contributed by atoms with Crippen molar-refractivity contribution in [2.45, 2.75) is 32.8 Å². The first kappa shape index (κ1) is 13.9. The summed E-state index contributed by atoms with van der Waals surface area (Å²) < 4.78 is 5.91. The number of ether oxygens (including phenoxy) is 1. The Morgan fingerprint density at radius 3 is 3.00 bits per heavy atom. The second-order valence-corrected chi connectivity index (χ2v) is 5.41. The maximum atomic E-state index is 5.91. The van der Waals surface area contributed by atoms with Crippen LogP contribution in [0, 0.1) is 19.8 Å². The molecule has 112 valence electrons. The maximum Gasteiger partial charge on any atom is 0.242 e. The summed E-state index contributed by atoms with van der Waals surface area (Å²) in [5.74, 6) is 0.955. The largest absolute Gasteiger partial charge is 0.373 e. The normalized spacial score (nSPS) is 22.2. The zero-order valence-electron chi connectivity index (χ0n) is 12.3. The minimum absolute atomic E-state index is 0.0736. The molecule has 3 rings (SSSR count). The Balaban J connectivity index is 1.66. The van der Waals surface area contributed by atoms with Crippen molar-refractivity contribution in [1.82, 2.24) is 25.4 Å². The second kappa shape index (κ2) is 6.17. The highest BCUT2D eigenvalue weighted by Crippen LogP contribution is 2.33. The highest BCUT2D eigenvalue weighted by Gasteiger charge is 2.28. The fraction of sp³-hybridized carbons (Fsp3) is 0.571. The SMILES string of the molecule is Cc1nnc(NC[C@@H]2CCCO[C@H]2c2cn[nH]c2)nc1C. The lowest BCUT2D eigenvalue weighted by molar-refractivity contribution is -0.0238. The van der Waals surface area contributed by atoms with Crippen molar-refractivity contribution in [3.05, 3.63) is 29.3 Å². The third-order valence-corrected chi connectivity index (χ3v) is 3.91. The number of nitrogens with one attached hydrogen (secondary N) is 2. The summed E-state index contributed by atoms with van der Waals surface area (Å²) in [4.78, 5) is 4.40. The van der Waals surface area contributed by atoms with Crippen LogP contribution in [0.25, 0.3) is 0 Å². The molecule has 3 heterocycles. The Labute approximate surface area is 123 Å². The van der Waals surface area contributed by atoms with Crippen molar-refractivity contribution in [2.24, 2.45) is 5.92 Å². The van der Waals surface area contributed by atoms with E-state index in [4.69, 9.17) is 4.74 Å². The van der Waals surface area contributed by atoms with E-state index in [1.807, 2.05) is 26.2 Å². The standard InChI is InChI=1S/C14H20N6O/c1-9-10(2)19-20-14(18-9)15-6-11-4-3-5-21-13(11)12-7-16-17-8-12/h7-8,11,13H,3-6H2,1-2H3,(H,16,17)(H,15,18,20)/t11-,13+/m0/s1. The van der Waals surface area contributed by atoms with E-state index >= 15 is 0 Å². The Morgan fingerprint density at radius 2 is 2.24 bits per heavy atom. The van der Waals surface area contributed by atoms with Crippen LogP contribution in [0.4, 0.5) is 5.95 Å². The van der Waals surface area contributed by atoms with E-state index in [0.717, 1.165) is 42.9 Å². The smallest absolute Gasteiger partial charge is 0.242 e. The fourth-order valence-corrected chi connectivity index (χ4v) is 2.59. The Morgan fingerprint density at radius 1 is 1.33 bits per heavy atom. The molecule has 0 saturated carbocycles. The zero-order valence-corrected chi connectivity index (χ0v) is 12.3. The molecule has 0 bridgehead atoms. The number of aromatic amines is 1. The van der Waals surface area contributed by atoms with Gasteiger partial charge >= 0.3 is 0 Å². The van der Waals surface area contributed by atoms with Crippen LogP contribution in [0.3, 0.4) is 0 Å². The summed E-state index contributed by atoms with van der Waals surface area (Å²) in [7, 11) is 0. The molecule has 0 amide bonds. The molecule has 7 heteroatoms. The number of hydrogen-bond acceptors (Lipinski definition) is 6. The summed E-state index contributed by atoms with van der Waals surface area (Å²) in [6.45, 7) is 5.41. The van der Waals surface area contributed by atoms with Crippen LogP contribution in [-0.4, -0.2) is 38.5 Å². The monoisotopic (exact) mass is 288 g/mol. The van der Waals surface area contributed by atoms with Crippen molar-refractivity contribution in [2.75, 3.05) is 18.5 Å². The van der Waals surface area contributed by atoms with Gasteiger partial charge in [-0.15, -0.1) is 5.10 Å². The van der Waals surface area contributed by atoms with Crippen LogP contribution in [0.2, 0.25) is 0 Å². The minimum atomic E-state index is 0.0736. The number of nitrogens with zero attached hydrogens (tertiary/aromatic N) is 4. The van der Waals surface area contributed by atoms with Gasteiger partial charge in [0.15, 0.2) is 0 Å². The topological polar surface area (TPSA) is 88.6 Å². The zero-order chi connectivity index (χ0) is 14.7. The van der Waals surface area contributed by atoms with Crippen LogP contribution < -0.4 is 5.32 Å². The van der Waals surface area contributed by atoms with Crippen molar-refractivity contribution < 1.29 is 4.74 Å². The fourth-order valence-electron chi connectivity index (χ4n) is 2.59. The Bertz CT molecular complexity index is 585. The first-order chi connectivity index (χ1) is 10.2. The summed E-state index contributed by atoms with van der Waals surface area (Å²) >= 11 is 0. The van der Waals surface area contributed by atoms with Gasteiger partial charge in [0.2, 0.25) is 5.95 Å². The maximum absolute atomic E-state index is 5.91. The first-order valence-electron chi connectivity index (χ1n) is 7.26. The lowest BCUT2D eigenvalue weighted by Gasteiger charge is -2.31. The van der Waals surface area contributed by atoms with E-state index in [9.17, 15) is 0 Å². The lowest BCUT2D eigenvalue weighted by Crippen LogP contribution is -2.28. The molecule has 21 heavy (non-hydrogen) atoms. The minimum Gasteiger partial charge on any atom is -0.373 e. The Hall–Kier alpha value is -2.02.